The summed E-state index contributed by atoms with van der Waals surface area (Å²) in [7, 11) is 0. The van der Waals surface area contributed by atoms with E-state index in [9.17, 15) is 4.79 Å². The van der Waals surface area contributed by atoms with Crippen LogP contribution in [-0.4, -0.2) is 12.5 Å². The van der Waals surface area contributed by atoms with E-state index in [-0.39, 0.29) is 5.91 Å². The SMILES string of the molecule is CCOc1ccccc1C(=O)Nc1cccc(C)c1C. The van der Waals surface area contributed by atoms with Crippen molar-refractivity contribution in [1.82, 2.24) is 0 Å². The van der Waals surface area contributed by atoms with Crippen molar-refractivity contribution >= 4 is 11.6 Å². The summed E-state index contributed by atoms with van der Waals surface area (Å²) < 4.78 is 5.49. The minimum Gasteiger partial charge on any atom is -0.493 e. The van der Waals surface area contributed by atoms with Crippen LogP contribution < -0.4 is 10.1 Å². The smallest absolute Gasteiger partial charge is 0.259 e. The van der Waals surface area contributed by atoms with E-state index in [2.05, 4.69) is 5.32 Å². The van der Waals surface area contributed by atoms with Crippen LogP contribution in [0.5, 0.6) is 5.75 Å². The van der Waals surface area contributed by atoms with Crippen molar-refractivity contribution in [3.05, 3.63) is 59.2 Å². The van der Waals surface area contributed by atoms with Gasteiger partial charge in [-0.3, -0.25) is 4.79 Å². The second-order valence-corrected chi connectivity index (χ2v) is 4.63. The van der Waals surface area contributed by atoms with E-state index in [0.717, 1.165) is 16.8 Å². The maximum atomic E-state index is 12.4. The van der Waals surface area contributed by atoms with Gasteiger partial charge in [-0.05, 0) is 50.1 Å². The first-order valence-corrected chi connectivity index (χ1v) is 6.73. The largest absolute Gasteiger partial charge is 0.493 e. The summed E-state index contributed by atoms with van der Waals surface area (Å²) in [4.78, 5) is 12.4. The predicted molar refractivity (Wildman–Crippen MR) is 81.5 cm³/mol. The Morgan fingerprint density at radius 2 is 1.85 bits per heavy atom. The first-order valence-electron chi connectivity index (χ1n) is 6.73. The Morgan fingerprint density at radius 3 is 2.60 bits per heavy atom. The quantitative estimate of drug-likeness (QED) is 0.912. The van der Waals surface area contributed by atoms with Crippen LogP contribution in [0, 0.1) is 13.8 Å². The molecule has 0 aliphatic heterocycles. The van der Waals surface area contributed by atoms with Gasteiger partial charge in [-0.1, -0.05) is 24.3 Å². The lowest BCUT2D eigenvalue weighted by Gasteiger charge is -2.13. The van der Waals surface area contributed by atoms with Gasteiger partial charge in [0.25, 0.3) is 5.91 Å². The van der Waals surface area contributed by atoms with E-state index >= 15 is 0 Å². The van der Waals surface area contributed by atoms with Crippen LogP contribution in [-0.2, 0) is 0 Å². The molecule has 0 saturated heterocycles. The molecule has 0 unspecified atom stereocenters. The molecular weight excluding hydrogens is 250 g/mol. The number of anilines is 1. The molecule has 0 aliphatic rings. The molecule has 1 N–H and O–H groups in total. The molecule has 3 nitrogen and oxygen atoms in total. The van der Waals surface area contributed by atoms with E-state index in [4.69, 9.17) is 4.74 Å². The Labute approximate surface area is 119 Å². The molecule has 104 valence electrons. The number of amides is 1. The zero-order chi connectivity index (χ0) is 14.5. The molecule has 0 saturated carbocycles. The number of rotatable bonds is 4. The fraction of sp³-hybridized carbons (Fsp3) is 0.235. The summed E-state index contributed by atoms with van der Waals surface area (Å²) in [5.74, 6) is 0.459. The van der Waals surface area contributed by atoms with Crippen molar-refractivity contribution in [3.63, 3.8) is 0 Å². The van der Waals surface area contributed by atoms with Crippen LogP contribution in [0.15, 0.2) is 42.5 Å². The summed E-state index contributed by atoms with van der Waals surface area (Å²) in [5, 5.41) is 2.95. The van der Waals surface area contributed by atoms with E-state index in [0.29, 0.717) is 17.9 Å². The third-order valence-electron chi connectivity index (χ3n) is 3.28. The van der Waals surface area contributed by atoms with E-state index in [1.165, 1.54) is 0 Å². The maximum Gasteiger partial charge on any atom is 0.259 e. The lowest BCUT2D eigenvalue weighted by molar-refractivity contribution is 0.102. The molecule has 2 aromatic rings. The Morgan fingerprint density at radius 1 is 1.10 bits per heavy atom. The minimum absolute atomic E-state index is 0.150. The van der Waals surface area contributed by atoms with Crippen LogP contribution in [0.1, 0.15) is 28.4 Å². The van der Waals surface area contributed by atoms with Crippen LogP contribution >= 0.6 is 0 Å². The van der Waals surface area contributed by atoms with Gasteiger partial charge in [0.05, 0.1) is 12.2 Å². The van der Waals surface area contributed by atoms with Crippen molar-refractivity contribution < 1.29 is 9.53 Å². The second kappa shape index (κ2) is 6.24. The summed E-state index contributed by atoms with van der Waals surface area (Å²) in [6.45, 7) is 6.46. The number of aryl methyl sites for hydroxylation is 1. The van der Waals surface area contributed by atoms with Gasteiger partial charge in [0.2, 0.25) is 0 Å². The fourth-order valence-electron chi connectivity index (χ4n) is 2.01. The van der Waals surface area contributed by atoms with Crippen LogP contribution in [0.25, 0.3) is 0 Å². The first-order chi connectivity index (χ1) is 9.63. The lowest BCUT2D eigenvalue weighted by Crippen LogP contribution is -2.14. The number of hydrogen-bond acceptors (Lipinski definition) is 2. The molecule has 0 fully saturated rings. The van der Waals surface area contributed by atoms with Gasteiger partial charge in [-0.25, -0.2) is 0 Å². The van der Waals surface area contributed by atoms with Gasteiger partial charge >= 0.3 is 0 Å². The number of carbonyl (C=O) groups excluding carboxylic acids is 1. The highest BCUT2D eigenvalue weighted by molar-refractivity contribution is 6.06. The molecule has 1 amide bonds. The third-order valence-corrected chi connectivity index (χ3v) is 3.28. The highest BCUT2D eigenvalue weighted by atomic mass is 16.5. The van der Waals surface area contributed by atoms with Gasteiger partial charge in [-0.15, -0.1) is 0 Å². The van der Waals surface area contributed by atoms with Gasteiger partial charge in [-0.2, -0.15) is 0 Å². The molecule has 0 spiro atoms. The second-order valence-electron chi connectivity index (χ2n) is 4.63. The number of benzene rings is 2. The highest BCUT2D eigenvalue weighted by Gasteiger charge is 2.13. The first kappa shape index (κ1) is 14.1. The average molecular weight is 269 g/mol. The van der Waals surface area contributed by atoms with Crippen molar-refractivity contribution in [3.8, 4) is 5.75 Å². The molecule has 0 heterocycles. The lowest BCUT2D eigenvalue weighted by atomic mass is 10.1. The molecule has 0 aromatic heterocycles. The van der Waals surface area contributed by atoms with Crippen LogP contribution in [0.4, 0.5) is 5.69 Å². The Balaban J connectivity index is 2.26. The number of hydrogen-bond donors (Lipinski definition) is 1. The van der Waals surface area contributed by atoms with Crippen LogP contribution in [0.2, 0.25) is 0 Å². The van der Waals surface area contributed by atoms with Gasteiger partial charge in [0, 0.05) is 5.69 Å². The highest BCUT2D eigenvalue weighted by Crippen LogP contribution is 2.22. The van der Waals surface area contributed by atoms with E-state index in [1.807, 2.05) is 57.2 Å². The number of carbonyl (C=O) groups is 1. The number of nitrogens with one attached hydrogen (secondary N) is 1. The monoisotopic (exact) mass is 269 g/mol. The summed E-state index contributed by atoms with van der Waals surface area (Å²) in [6.07, 6.45) is 0. The molecule has 3 heteroatoms. The molecule has 0 atom stereocenters. The number of para-hydroxylation sites is 1. The molecule has 0 aliphatic carbocycles. The normalized spacial score (nSPS) is 10.2. The molecular formula is C17H19NO2. The van der Waals surface area contributed by atoms with Gasteiger partial charge in [0.15, 0.2) is 0 Å². The zero-order valence-electron chi connectivity index (χ0n) is 12.1. The fourth-order valence-corrected chi connectivity index (χ4v) is 2.01. The Hall–Kier alpha value is -2.29. The maximum absolute atomic E-state index is 12.4. The predicted octanol–water partition coefficient (Wildman–Crippen LogP) is 3.95. The van der Waals surface area contributed by atoms with E-state index in [1.54, 1.807) is 6.07 Å². The van der Waals surface area contributed by atoms with Gasteiger partial charge < -0.3 is 10.1 Å². The summed E-state index contributed by atoms with van der Waals surface area (Å²) >= 11 is 0. The molecule has 2 rings (SSSR count). The topological polar surface area (TPSA) is 38.3 Å². The summed E-state index contributed by atoms with van der Waals surface area (Å²) in [5.41, 5.74) is 3.62. The van der Waals surface area contributed by atoms with Crippen molar-refractivity contribution in [2.24, 2.45) is 0 Å². The minimum atomic E-state index is -0.150. The Bertz CT molecular complexity index is 620. The third kappa shape index (κ3) is 2.99. The van der Waals surface area contributed by atoms with Crippen molar-refractivity contribution in [2.45, 2.75) is 20.8 Å². The zero-order valence-corrected chi connectivity index (χ0v) is 12.1. The van der Waals surface area contributed by atoms with Crippen molar-refractivity contribution in [1.29, 1.82) is 0 Å². The average Bonchev–Trinajstić information content (AvgIpc) is 2.45. The van der Waals surface area contributed by atoms with Crippen molar-refractivity contribution in [2.75, 3.05) is 11.9 Å². The molecule has 20 heavy (non-hydrogen) atoms. The van der Waals surface area contributed by atoms with Crippen LogP contribution in [0.3, 0.4) is 0 Å². The standard InChI is InChI=1S/C17H19NO2/c1-4-20-16-11-6-5-9-14(16)17(19)18-15-10-7-8-12(2)13(15)3/h5-11H,4H2,1-3H3,(H,18,19). The molecule has 0 bridgehead atoms. The molecule has 0 radical (unpaired) electrons. The number of ether oxygens (including phenoxy) is 1. The summed E-state index contributed by atoms with van der Waals surface area (Å²) in [6, 6.07) is 13.1. The van der Waals surface area contributed by atoms with Gasteiger partial charge in [0.1, 0.15) is 5.75 Å². The molecule has 2 aromatic carbocycles. The van der Waals surface area contributed by atoms with E-state index < -0.39 is 0 Å². The Kier molecular flexibility index (Phi) is 4.41.